The molecule has 0 spiro atoms. The third-order valence-electron chi connectivity index (χ3n) is 8.98. The quantitative estimate of drug-likeness (QED) is 0.144. The fourth-order valence-electron chi connectivity index (χ4n) is 6.16. The van der Waals surface area contributed by atoms with Gasteiger partial charge in [-0.2, -0.15) is 0 Å². The average molecular weight is 640 g/mol. The number of rotatable bonds is 15. The van der Waals surface area contributed by atoms with Gasteiger partial charge in [0, 0.05) is 25.4 Å². The Morgan fingerprint density at radius 1 is 1.07 bits per heavy atom. The number of nitrogens with zero attached hydrogens (tertiary/aromatic N) is 2. The Morgan fingerprint density at radius 3 is 2.48 bits per heavy atom. The molecule has 4 N–H and O–H groups in total. The highest BCUT2D eigenvalue weighted by molar-refractivity contribution is 7.90. The minimum Gasteiger partial charge on any atom is -0.369 e. The lowest BCUT2D eigenvalue weighted by molar-refractivity contribution is -0.138. The van der Waals surface area contributed by atoms with Crippen LogP contribution in [0.15, 0.2) is 21.7 Å². The van der Waals surface area contributed by atoms with Crippen LogP contribution in [0.25, 0.3) is 0 Å². The topological polar surface area (TPSA) is 176 Å². The van der Waals surface area contributed by atoms with Crippen molar-refractivity contribution in [1.82, 2.24) is 9.62 Å². The number of nitrogens with two attached hydrogens (primary N) is 1. The Hall–Kier alpha value is -3.36. The van der Waals surface area contributed by atoms with Crippen LogP contribution in [-0.4, -0.2) is 73.9 Å². The molecule has 4 atom stereocenters. The summed E-state index contributed by atoms with van der Waals surface area (Å²) in [4.78, 5) is 65.1. The number of halogens is 2. The summed E-state index contributed by atoms with van der Waals surface area (Å²) in [6.45, 7) is -0.444. The summed E-state index contributed by atoms with van der Waals surface area (Å²) in [7, 11) is -3.55. The first kappa shape index (κ1) is 32.0. The lowest BCUT2D eigenvalue weighted by Gasteiger charge is -2.30. The summed E-state index contributed by atoms with van der Waals surface area (Å²) in [5.74, 6) is -4.81. The number of anilines is 2. The molecule has 0 unspecified atom stereocenters. The molecule has 2 heterocycles. The number of allylic oxidation sites excluding steroid dienone is 2. The van der Waals surface area contributed by atoms with Gasteiger partial charge in [-0.1, -0.05) is 25.0 Å². The van der Waals surface area contributed by atoms with Crippen molar-refractivity contribution in [2.75, 3.05) is 29.9 Å². The van der Waals surface area contributed by atoms with Crippen molar-refractivity contribution in [3.8, 4) is 0 Å². The van der Waals surface area contributed by atoms with Crippen molar-refractivity contribution >= 4 is 39.1 Å². The van der Waals surface area contributed by atoms with Gasteiger partial charge in [0.2, 0.25) is 27.7 Å². The molecule has 44 heavy (non-hydrogen) atoms. The molecule has 1 aromatic rings. The number of carbonyl (C=O) groups excluding carboxylic acids is 3. The smallest absolute Gasteiger partial charge is 0.266 e. The maximum Gasteiger partial charge on any atom is 0.266 e. The second-order valence-corrected chi connectivity index (χ2v) is 14.4. The maximum atomic E-state index is 13.8. The minimum atomic E-state index is -3.55. The van der Waals surface area contributed by atoms with Gasteiger partial charge < -0.3 is 20.9 Å². The van der Waals surface area contributed by atoms with Crippen LogP contribution >= 0.6 is 0 Å². The van der Waals surface area contributed by atoms with Gasteiger partial charge in [-0.05, 0) is 57.3 Å². The van der Waals surface area contributed by atoms with E-state index >= 15 is 0 Å². The summed E-state index contributed by atoms with van der Waals surface area (Å²) < 4.78 is 53.8. The summed E-state index contributed by atoms with van der Waals surface area (Å²) in [5.41, 5.74) is 3.51. The minimum absolute atomic E-state index is 0.00928. The first-order valence-corrected chi connectivity index (χ1v) is 16.9. The van der Waals surface area contributed by atoms with E-state index in [-0.39, 0.29) is 36.2 Å². The Balaban J connectivity index is 1.13. The van der Waals surface area contributed by atoms with E-state index in [9.17, 15) is 41.2 Å². The molecule has 2 saturated heterocycles. The van der Waals surface area contributed by atoms with Crippen molar-refractivity contribution in [2.45, 2.75) is 93.9 Å². The van der Waals surface area contributed by atoms with Crippen LogP contribution in [0.3, 0.4) is 0 Å². The van der Waals surface area contributed by atoms with Gasteiger partial charge in [0.05, 0.1) is 11.8 Å². The van der Waals surface area contributed by atoms with Crippen molar-refractivity contribution in [3.05, 3.63) is 32.6 Å². The number of hydrogen-bond acceptors (Lipinski definition) is 9. The van der Waals surface area contributed by atoms with Gasteiger partial charge in [0.25, 0.3) is 16.8 Å². The normalized spacial score (nSPS) is 25.5. The second-order valence-electron chi connectivity index (χ2n) is 12.5. The largest absolute Gasteiger partial charge is 0.369 e. The standard InChI is InChI=1S/C29H39F2N5O7S/c30-29(31)12-14-35(16-29)23-22(24(37)25(23)38)33-20(28(41)36-13-6-9-21(36)26(32)39)8-5-3-1-2-4-7-17-15-19(17)27(40)34-44(42,43)18-10-11-18/h4,7,17-21,33H,1-3,5-6,8-16H2,(H2,32,39)(H,34,40)/b7-4-/t17-,19+,20+,21+/m1/s1. The predicted octanol–water partition coefficient (Wildman–Crippen LogP) is 1.14. The molecular formula is C29H39F2N5O7S. The van der Waals surface area contributed by atoms with Gasteiger partial charge in [0.15, 0.2) is 0 Å². The van der Waals surface area contributed by atoms with E-state index in [4.69, 9.17) is 5.73 Å². The van der Waals surface area contributed by atoms with E-state index in [1.54, 1.807) is 0 Å². The second kappa shape index (κ2) is 12.6. The molecule has 2 saturated carbocycles. The van der Waals surface area contributed by atoms with Gasteiger partial charge in [-0.3, -0.25) is 28.7 Å². The van der Waals surface area contributed by atoms with Gasteiger partial charge in [-0.25, -0.2) is 17.2 Å². The fraction of sp³-hybridized carbons (Fsp3) is 0.690. The van der Waals surface area contributed by atoms with E-state index in [1.165, 1.54) is 9.80 Å². The third kappa shape index (κ3) is 7.13. The highest BCUT2D eigenvalue weighted by Gasteiger charge is 2.45. The number of hydrogen-bond donors (Lipinski definition) is 3. The number of likely N-dealkylation sites (tertiary alicyclic amines) is 1. The third-order valence-corrected chi connectivity index (χ3v) is 10.8. The number of primary amides is 1. The number of alkyl halides is 2. The summed E-state index contributed by atoms with van der Waals surface area (Å²) in [6.07, 6.45) is 9.26. The van der Waals surface area contributed by atoms with Crippen LogP contribution in [0.2, 0.25) is 0 Å². The molecule has 242 valence electrons. The molecule has 0 aromatic heterocycles. The molecule has 4 fully saturated rings. The summed E-state index contributed by atoms with van der Waals surface area (Å²) in [6, 6.07) is -1.73. The van der Waals surface area contributed by atoms with Crippen LogP contribution in [0.4, 0.5) is 20.2 Å². The molecule has 2 aliphatic heterocycles. The molecular weight excluding hydrogens is 600 g/mol. The molecule has 4 aliphatic rings. The Labute approximate surface area is 254 Å². The van der Waals surface area contributed by atoms with E-state index in [0.29, 0.717) is 57.9 Å². The lowest BCUT2D eigenvalue weighted by Crippen LogP contribution is -2.51. The van der Waals surface area contributed by atoms with Crippen LogP contribution in [0.5, 0.6) is 0 Å². The van der Waals surface area contributed by atoms with Crippen molar-refractivity contribution in [2.24, 2.45) is 17.6 Å². The molecule has 12 nitrogen and oxygen atoms in total. The Morgan fingerprint density at radius 2 is 1.82 bits per heavy atom. The first-order chi connectivity index (χ1) is 20.8. The SMILES string of the molecule is NC(=O)[C@@H]1CCCN1C(=O)[C@H](CCCCC/C=C\[C@@H]1C[C@@H]1C(=O)NS(=O)(=O)C1CC1)Nc1c(N2CCC(F)(F)C2)c(=O)c1=O. The van der Waals surface area contributed by atoms with Crippen LogP contribution in [0.1, 0.15) is 70.6 Å². The van der Waals surface area contributed by atoms with Gasteiger partial charge >= 0.3 is 0 Å². The number of amides is 3. The molecule has 5 rings (SSSR count). The van der Waals surface area contributed by atoms with E-state index in [0.717, 1.165) is 6.42 Å². The van der Waals surface area contributed by atoms with Crippen LogP contribution in [-0.2, 0) is 24.4 Å². The van der Waals surface area contributed by atoms with E-state index in [2.05, 4.69) is 10.0 Å². The molecule has 0 bridgehead atoms. The number of sulfonamides is 1. The van der Waals surface area contributed by atoms with Crippen LogP contribution in [0, 0.1) is 11.8 Å². The van der Waals surface area contributed by atoms with E-state index in [1.807, 2.05) is 12.2 Å². The molecule has 2 aliphatic carbocycles. The van der Waals surface area contributed by atoms with Crippen molar-refractivity contribution in [1.29, 1.82) is 0 Å². The molecule has 3 amide bonds. The fourth-order valence-corrected chi connectivity index (χ4v) is 7.52. The zero-order valence-corrected chi connectivity index (χ0v) is 25.3. The zero-order chi connectivity index (χ0) is 31.8. The van der Waals surface area contributed by atoms with Crippen molar-refractivity contribution in [3.63, 3.8) is 0 Å². The molecule has 0 radical (unpaired) electrons. The average Bonchev–Trinajstić information content (AvgIpc) is 3.88. The first-order valence-electron chi connectivity index (χ1n) is 15.3. The van der Waals surface area contributed by atoms with Crippen LogP contribution < -0.4 is 31.5 Å². The maximum absolute atomic E-state index is 13.8. The van der Waals surface area contributed by atoms with Crippen molar-refractivity contribution < 1.29 is 31.6 Å². The summed E-state index contributed by atoms with van der Waals surface area (Å²) >= 11 is 0. The number of nitrogens with one attached hydrogen (secondary N) is 2. The number of carbonyl (C=O) groups is 3. The molecule has 1 aromatic carbocycles. The molecule has 15 heteroatoms. The number of unbranched alkanes of at least 4 members (excludes halogenated alkanes) is 3. The van der Waals surface area contributed by atoms with E-state index < -0.39 is 74.8 Å². The monoisotopic (exact) mass is 639 g/mol. The highest BCUT2D eigenvalue weighted by Crippen LogP contribution is 2.40. The zero-order valence-electron chi connectivity index (χ0n) is 24.4. The van der Waals surface area contributed by atoms with Gasteiger partial charge in [-0.15, -0.1) is 0 Å². The Bertz CT molecular complexity index is 1500. The summed E-state index contributed by atoms with van der Waals surface area (Å²) in [5, 5.41) is 2.43. The van der Waals surface area contributed by atoms with Gasteiger partial charge in [0.1, 0.15) is 23.5 Å². The highest BCUT2D eigenvalue weighted by atomic mass is 32.2. The Kier molecular flexibility index (Phi) is 9.15. The predicted molar refractivity (Wildman–Crippen MR) is 158 cm³/mol. The lowest BCUT2D eigenvalue weighted by atomic mass is 10.0.